The van der Waals surface area contributed by atoms with Crippen LogP contribution in [0, 0.1) is 0 Å². The maximum Gasteiger partial charge on any atom is 0.338 e. The normalized spacial score (nSPS) is 21.9. The number of carbonyl (C=O) groups is 3. The lowest BCUT2D eigenvalue weighted by Gasteiger charge is -2.52. The molecular weight excluding hydrogens is 552 g/mol. The largest absolute Gasteiger partial charge is 0.490 e. The monoisotopic (exact) mass is 594 g/mol. The zero-order valence-corrected chi connectivity index (χ0v) is 25.7. The fourth-order valence-electron chi connectivity index (χ4n) is 6.09. The van der Waals surface area contributed by atoms with Crippen LogP contribution in [0.25, 0.3) is 0 Å². The Morgan fingerprint density at radius 1 is 0.860 bits per heavy atom. The van der Waals surface area contributed by atoms with E-state index in [0.717, 1.165) is 57.5 Å². The quantitative estimate of drug-likeness (QED) is 0.336. The van der Waals surface area contributed by atoms with Gasteiger partial charge in [0.15, 0.2) is 0 Å². The molecule has 2 saturated heterocycles. The molecule has 2 aromatic rings. The summed E-state index contributed by atoms with van der Waals surface area (Å²) in [7, 11) is 2.55. The number of morpholine rings is 1. The highest BCUT2D eigenvalue weighted by Crippen LogP contribution is 2.37. The average molecular weight is 595 g/mol. The van der Waals surface area contributed by atoms with Crippen molar-refractivity contribution in [3.05, 3.63) is 59.2 Å². The minimum absolute atomic E-state index is 0.0313. The Morgan fingerprint density at radius 2 is 1.51 bits per heavy atom. The maximum absolute atomic E-state index is 12.4. The highest BCUT2D eigenvalue weighted by Gasteiger charge is 2.44. The molecule has 1 saturated carbocycles. The van der Waals surface area contributed by atoms with Gasteiger partial charge >= 0.3 is 17.9 Å². The smallest absolute Gasteiger partial charge is 0.338 e. The summed E-state index contributed by atoms with van der Waals surface area (Å²) >= 11 is 0. The molecule has 0 aromatic heterocycles. The molecule has 1 spiro atoms. The molecule has 3 aliphatic rings. The molecule has 2 aromatic carbocycles. The summed E-state index contributed by atoms with van der Waals surface area (Å²) in [5, 5.41) is 0. The molecule has 0 N–H and O–H groups in total. The van der Waals surface area contributed by atoms with Gasteiger partial charge in [0, 0.05) is 50.7 Å². The number of methoxy groups -OCH3 is 2. The van der Waals surface area contributed by atoms with E-state index in [0.29, 0.717) is 24.0 Å². The topological polar surface area (TPSA) is 104 Å². The van der Waals surface area contributed by atoms with Crippen LogP contribution in [-0.2, 0) is 18.9 Å². The van der Waals surface area contributed by atoms with Crippen LogP contribution < -0.4 is 9.64 Å². The first-order valence-electron chi connectivity index (χ1n) is 14.9. The molecular formula is C33H42N2O8. The van der Waals surface area contributed by atoms with Gasteiger partial charge in [0.05, 0.1) is 43.1 Å². The second-order valence-corrected chi connectivity index (χ2v) is 12.6. The van der Waals surface area contributed by atoms with E-state index in [2.05, 4.69) is 9.80 Å². The van der Waals surface area contributed by atoms with Gasteiger partial charge in [-0.25, -0.2) is 14.4 Å². The summed E-state index contributed by atoms with van der Waals surface area (Å²) in [6.07, 6.45) is 3.68. The van der Waals surface area contributed by atoms with E-state index < -0.39 is 17.5 Å². The third kappa shape index (κ3) is 7.13. The van der Waals surface area contributed by atoms with Crippen molar-refractivity contribution in [2.45, 2.75) is 69.8 Å². The first-order valence-corrected chi connectivity index (χ1v) is 14.9. The van der Waals surface area contributed by atoms with Crippen molar-refractivity contribution in [3.63, 3.8) is 0 Å². The number of hydrogen-bond acceptors (Lipinski definition) is 10. The van der Waals surface area contributed by atoms with E-state index in [1.165, 1.54) is 20.3 Å². The molecule has 2 aliphatic heterocycles. The predicted octanol–water partition coefficient (Wildman–Crippen LogP) is 4.50. The van der Waals surface area contributed by atoms with Gasteiger partial charge in [-0.1, -0.05) is 0 Å². The number of piperidine rings is 1. The molecule has 1 aliphatic carbocycles. The van der Waals surface area contributed by atoms with Gasteiger partial charge in [0.1, 0.15) is 17.5 Å². The lowest BCUT2D eigenvalue weighted by Crippen LogP contribution is -2.61. The van der Waals surface area contributed by atoms with Crippen LogP contribution >= 0.6 is 0 Å². The number of esters is 3. The zero-order chi connectivity index (χ0) is 30.8. The molecule has 10 heteroatoms. The predicted molar refractivity (Wildman–Crippen MR) is 160 cm³/mol. The first kappa shape index (κ1) is 30.8. The Kier molecular flexibility index (Phi) is 8.99. The Labute approximate surface area is 253 Å². The fraction of sp³-hybridized carbons (Fsp3) is 0.545. The number of carbonyl (C=O) groups excluding carboxylic acids is 3. The Hall–Kier alpha value is -3.63. The molecule has 0 radical (unpaired) electrons. The van der Waals surface area contributed by atoms with Gasteiger partial charge in [-0.3, -0.25) is 4.90 Å². The summed E-state index contributed by atoms with van der Waals surface area (Å²) in [6.45, 7) is 9.89. The van der Waals surface area contributed by atoms with Crippen LogP contribution in [0.5, 0.6) is 5.75 Å². The van der Waals surface area contributed by atoms with Gasteiger partial charge < -0.3 is 28.6 Å². The van der Waals surface area contributed by atoms with Crippen molar-refractivity contribution in [2.75, 3.05) is 51.9 Å². The van der Waals surface area contributed by atoms with Crippen molar-refractivity contribution in [3.8, 4) is 5.75 Å². The number of benzene rings is 2. The first-order chi connectivity index (χ1) is 20.5. The lowest BCUT2D eigenvalue weighted by atomic mass is 9.83. The molecule has 0 unspecified atom stereocenters. The number of nitrogens with zero attached hydrogens (tertiary/aromatic N) is 2. The number of ether oxygens (including phenoxy) is 5. The van der Waals surface area contributed by atoms with Crippen LogP contribution in [0.15, 0.2) is 42.5 Å². The van der Waals surface area contributed by atoms with Crippen LogP contribution in [0.4, 0.5) is 5.69 Å². The molecule has 43 heavy (non-hydrogen) atoms. The van der Waals surface area contributed by atoms with Crippen LogP contribution in [0.3, 0.4) is 0 Å². The second-order valence-electron chi connectivity index (χ2n) is 12.6. The van der Waals surface area contributed by atoms with Crippen molar-refractivity contribution in [2.24, 2.45) is 0 Å². The lowest BCUT2D eigenvalue weighted by molar-refractivity contribution is -0.143. The molecule has 0 amide bonds. The summed E-state index contributed by atoms with van der Waals surface area (Å²) in [5.41, 5.74) is 1.26. The number of anilines is 1. The van der Waals surface area contributed by atoms with E-state index in [4.69, 9.17) is 23.7 Å². The van der Waals surface area contributed by atoms with Gasteiger partial charge in [0.2, 0.25) is 0 Å². The third-order valence-electron chi connectivity index (χ3n) is 8.51. The summed E-state index contributed by atoms with van der Waals surface area (Å²) in [5.74, 6) is -0.988. The van der Waals surface area contributed by atoms with Crippen molar-refractivity contribution >= 4 is 23.6 Å². The maximum atomic E-state index is 12.4. The highest BCUT2D eigenvalue weighted by atomic mass is 16.6. The molecule has 10 nitrogen and oxygen atoms in total. The number of rotatable bonds is 7. The Morgan fingerprint density at radius 3 is 2.14 bits per heavy atom. The Bertz CT molecular complexity index is 1320. The van der Waals surface area contributed by atoms with Gasteiger partial charge in [-0.2, -0.15) is 0 Å². The summed E-state index contributed by atoms with van der Waals surface area (Å²) in [4.78, 5) is 41.6. The van der Waals surface area contributed by atoms with Gasteiger partial charge in [-0.05, 0) is 76.1 Å². The van der Waals surface area contributed by atoms with Crippen molar-refractivity contribution in [1.82, 2.24) is 4.90 Å². The van der Waals surface area contributed by atoms with Crippen molar-refractivity contribution < 1.29 is 38.1 Å². The van der Waals surface area contributed by atoms with Crippen LogP contribution in [0.1, 0.15) is 77.5 Å². The van der Waals surface area contributed by atoms with Gasteiger partial charge in [0.25, 0.3) is 0 Å². The molecule has 5 rings (SSSR count). The van der Waals surface area contributed by atoms with E-state index in [9.17, 15) is 14.4 Å². The summed E-state index contributed by atoms with van der Waals surface area (Å²) < 4.78 is 27.7. The zero-order valence-electron chi connectivity index (χ0n) is 25.7. The SMILES string of the molecule is COC(=O)c1ccc(O[C@H]2C[C@H](N3CCOC4(CCN(c5ccc(C(=O)OC(C)(C)C)cc5)CC4)C3)C2)cc1C(=O)OC. The fourth-order valence-corrected chi connectivity index (χ4v) is 6.09. The van der Waals surface area contributed by atoms with Gasteiger partial charge in [-0.15, -0.1) is 0 Å². The van der Waals surface area contributed by atoms with E-state index in [1.807, 2.05) is 45.0 Å². The molecule has 3 fully saturated rings. The standard InChI is InChI=1S/C33H42N2O8/c1-32(2,3)43-29(36)22-6-8-23(9-7-22)34-14-12-33(13-15-34)21-35(16-17-41-33)24-18-26(19-24)42-25-10-11-27(30(37)39-4)28(20-25)31(38)40-5/h6-11,20,24,26H,12-19,21H2,1-5H3/t24-,26-. The minimum Gasteiger partial charge on any atom is -0.490 e. The Balaban J connectivity index is 1.12. The molecule has 0 atom stereocenters. The minimum atomic E-state index is -0.611. The van der Waals surface area contributed by atoms with Crippen molar-refractivity contribution in [1.29, 1.82) is 0 Å². The summed E-state index contributed by atoms with van der Waals surface area (Å²) in [6, 6.07) is 12.9. The average Bonchev–Trinajstić information content (AvgIpc) is 2.97. The number of hydrogen-bond donors (Lipinski definition) is 0. The second kappa shape index (κ2) is 12.5. The van der Waals surface area contributed by atoms with Crippen LogP contribution in [-0.4, -0.2) is 93.2 Å². The third-order valence-corrected chi connectivity index (χ3v) is 8.51. The van der Waals surface area contributed by atoms with E-state index >= 15 is 0 Å². The van der Waals surface area contributed by atoms with E-state index in [-0.39, 0.29) is 28.8 Å². The molecule has 0 bridgehead atoms. The van der Waals surface area contributed by atoms with Crippen LogP contribution in [0.2, 0.25) is 0 Å². The highest BCUT2D eigenvalue weighted by molar-refractivity contribution is 6.03. The van der Waals surface area contributed by atoms with E-state index in [1.54, 1.807) is 12.1 Å². The molecule has 232 valence electrons. The molecule has 2 heterocycles.